The number of rotatable bonds is 2. The molecular weight excluding hydrogens is 160 g/mol. The fourth-order valence-corrected chi connectivity index (χ4v) is 0.817. The van der Waals surface area contributed by atoms with Crippen molar-refractivity contribution < 1.29 is 0 Å². The van der Waals surface area contributed by atoms with Crippen LogP contribution in [-0.2, 0) is 0 Å². The molecule has 0 heterocycles. The van der Waals surface area contributed by atoms with Crippen LogP contribution in [0.3, 0.4) is 0 Å². The van der Waals surface area contributed by atoms with Crippen LogP contribution in [0.5, 0.6) is 0 Å². The van der Waals surface area contributed by atoms with Crippen LogP contribution in [0.15, 0.2) is 30.3 Å². The molecule has 1 aromatic carbocycles. The topological polar surface area (TPSA) is 35.8 Å². The van der Waals surface area contributed by atoms with Gasteiger partial charge in [-0.15, -0.1) is 0 Å². The van der Waals surface area contributed by atoms with Crippen molar-refractivity contribution in [3.05, 3.63) is 30.3 Å². The van der Waals surface area contributed by atoms with E-state index in [-0.39, 0.29) is 6.04 Å². The lowest BCUT2D eigenvalue weighted by atomic mass is 10.3. The van der Waals surface area contributed by atoms with Crippen LogP contribution in [0.4, 0.5) is 5.69 Å². The molecule has 1 aromatic rings. The second-order valence-electron chi connectivity index (χ2n) is 2.36. The van der Waals surface area contributed by atoms with Crippen molar-refractivity contribution in [2.24, 2.45) is 0 Å². The zero-order valence-corrected chi connectivity index (χ0v) is 8.41. The number of hydrogen-bond acceptors (Lipinski definition) is 2. The lowest BCUT2D eigenvalue weighted by Crippen LogP contribution is -2.11. The molecule has 0 saturated carbocycles. The van der Waals surface area contributed by atoms with Crippen molar-refractivity contribution >= 4 is 5.69 Å². The third kappa shape index (κ3) is 4.86. The van der Waals surface area contributed by atoms with Crippen LogP contribution >= 0.6 is 0 Å². The molecule has 0 spiro atoms. The Labute approximate surface area is 80.2 Å². The summed E-state index contributed by atoms with van der Waals surface area (Å²) in [6.45, 7) is 5.83. The summed E-state index contributed by atoms with van der Waals surface area (Å²) in [4.78, 5) is 0. The van der Waals surface area contributed by atoms with Crippen molar-refractivity contribution in [3.63, 3.8) is 0 Å². The SMILES string of the molecule is CC.CC(C#N)Nc1ccccc1. The quantitative estimate of drug-likeness (QED) is 0.751. The van der Waals surface area contributed by atoms with Crippen LogP contribution in [0.25, 0.3) is 0 Å². The number of nitrogens with one attached hydrogen (secondary N) is 1. The third-order valence-corrected chi connectivity index (χ3v) is 1.35. The van der Waals surface area contributed by atoms with Gasteiger partial charge in [0.15, 0.2) is 0 Å². The standard InChI is InChI=1S/C9H10N2.C2H6/c1-8(7-10)11-9-5-3-2-4-6-9;1-2/h2-6,8,11H,1H3;1-2H3. The summed E-state index contributed by atoms with van der Waals surface area (Å²) < 4.78 is 0. The smallest absolute Gasteiger partial charge is 0.111 e. The van der Waals surface area contributed by atoms with Crippen molar-refractivity contribution in [2.75, 3.05) is 5.32 Å². The van der Waals surface area contributed by atoms with Crippen LogP contribution in [0.1, 0.15) is 20.8 Å². The number of nitriles is 1. The minimum absolute atomic E-state index is 0.127. The van der Waals surface area contributed by atoms with Gasteiger partial charge >= 0.3 is 0 Å². The van der Waals surface area contributed by atoms with E-state index >= 15 is 0 Å². The summed E-state index contributed by atoms with van der Waals surface area (Å²) in [6, 6.07) is 11.7. The number of hydrogen-bond donors (Lipinski definition) is 1. The molecule has 13 heavy (non-hydrogen) atoms. The third-order valence-electron chi connectivity index (χ3n) is 1.35. The molecular formula is C11H16N2. The summed E-state index contributed by atoms with van der Waals surface area (Å²) in [5.74, 6) is 0. The molecule has 0 aliphatic heterocycles. The predicted octanol–water partition coefficient (Wildman–Crippen LogP) is 3.04. The highest BCUT2D eigenvalue weighted by Gasteiger charge is 1.95. The van der Waals surface area contributed by atoms with Crippen molar-refractivity contribution in [1.29, 1.82) is 5.26 Å². The molecule has 1 rings (SSSR count). The first kappa shape index (κ1) is 11.5. The summed E-state index contributed by atoms with van der Waals surface area (Å²) in [6.07, 6.45) is 0. The molecule has 0 aliphatic rings. The van der Waals surface area contributed by atoms with Crippen molar-refractivity contribution in [3.8, 4) is 6.07 Å². The molecule has 0 amide bonds. The zero-order valence-electron chi connectivity index (χ0n) is 8.41. The lowest BCUT2D eigenvalue weighted by molar-refractivity contribution is 1.01. The Hall–Kier alpha value is -1.49. The van der Waals surface area contributed by atoms with E-state index in [1.54, 1.807) is 0 Å². The first-order valence-electron chi connectivity index (χ1n) is 4.54. The summed E-state index contributed by atoms with van der Waals surface area (Å²) in [5, 5.41) is 11.5. The Bertz CT molecular complexity index is 249. The minimum Gasteiger partial charge on any atom is -0.370 e. The second-order valence-corrected chi connectivity index (χ2v) is 2.36. The highest BCUT2D eigenvalue weighted by atomic mass is 14.9. The van der Waals surface area contributed by atoms with Gasteiger partial charge < -0.3 is 5.32 Å². The predicted molar refractivity (Wildman–Crippen MR) is 56.5 cm³/mol. The Morgan fingerprint density at radius 1 is 1.23 bits per heavy atom. The van der Waals surface area contributed by atoms with Crippen LogP contribution in [0, 0.1) is 11.3 Å². The van der Waals surface area contributed by atoms with Gasteiger partial charge in [-0.2, -0.15) is 5.26 Å². The number of nitrogens with zero attached hydrogens (tertiary/aromatic N) is 1. The first-order chi connectivity index (χ1) is 6.33. The van der Waals surface area contributed by atoms with Gasteiger partial charge in [0.05, 0.1) is 6.07 Å². The molecule has 1 N–H and O–H groups in total. The number of para-hydroxylation sites is 1. The van der Waals surface area contributed by atoms with Gasteiger partial charge in [0.1, 0.15) is 6.04 Å². The molecule has 1 unspecified atom stereocenters. The van der Waals surface area contributed by atoms with E-state index in [2.05, 4.69) is 11.4 Å². The molecule has 2 heteroatoms. The second kappa shape index (κ2) is 7.17. The molecule has 70 valence electrons. The largest absolute Gasteiger partial charge is 0.370 e. The Kier molecular flexibility index (Phi) is 6.35. The Morgan fingerprint density at radius 2 is 1.77 bits per heavy atom. The maximum absolute atomic E-state index is 8.48. The highest BCUT2D eigenvalue weighted by Crippen LogP contribution is 2.05. The first-order valence-corrected chi connectivity index (χ1v) is 4.54. The van der Waals surface area contributed by atoms with E-state index in [0.717, 1.165) is 5.69 Å². The van der Waals surface area contributed by atoms with Gasteiger partial charge in [-0.05, 0) is 19.1 Å². The van der Waals surface area contributed by atoms with Gasteiger partial charge in [0.25, 0.3) is 0 Å². The van der Waals surface area contributed by atoms with Gasteiger partial charge in [-0.3, -0.25) is 0 Å². The monoisotopic (exact) mass is 176 g/mol. The average molecular weight is 176 g/mol. The van der Waals surface area contributed by atoms with E-state index in [1.807, 2.05) is 51.1 Å². The molecule has 0 aromatic heterocycles. The molecule has 0 aliphatic carbocycles. The fraction of sp³-hybridized carbons (Fsp3) is 0.364. The van der Waals surface area contributed by atoms with Crippen LogP contribution in [-0.4, -0.2) is 6.04 Å². The number of anilines is 1. The normalized spacial score (nSPS) is 10.3. The van der Waals surface area contributed by atoms with E-state index in [0.29, 0.717) is 0 Å². The maximum atomic E-state index is 8.48. The lowest BCUT2D eigenvalue weighted by Gasteiger charge is -2.05. The van der Waals surface area contributed by atoms with Crippen molar-refractivity contribution in [2.45, 2.75) is 26.8 Å². The summed E-state index contributed by atoms with van der Waals surface area (Å²) in [5.41, 5.74) is 0.988. The fourth-order valence-electron chi connectivity index (χ4n) is 0.817. The summed E-state index contributed by atoms with van der Waals surface area (Å²) in [7, 11) is 0. The zero-order chi connectivity index (χ0) is 10.1. The molecule has 0 radical (unpaired) electrons. The molecule has 0 saturated heterocycles. The van der Waals surface area contributed by atoms with E-state index in [4.69, 9.17) is 5.26 Å². The Balaban J connectivity index is 0.000000671. The van der Waals surface area contributed by atoms with E-state index < -0.39 is 0 Å². The van der Waals surface area contributed by atoms with Gasteiger partial charge in [0.2, 0.25) is 0 Å². The van der Waals surface area contributed by atoms with E-state index in [1.165, 1.54) is 0 Å². The highest BCUT2D eigenvalue weighted by molar-refractivity contribution is 5.44. The maximum Gasteiger partial charge on any atom is 0.111 e. The van der Waals surface area contributed by atoms with E-state index in [9.17, 15) is 0 Å². The average Bonchev–Trinajstić information content (AvgIpc) is 2.22. The Morgan fingerprint density at radius 3 is 2.23 bits per heavy atom. The van der Waals surface area contributed by atoms with Crippen LogP contribution in [0.2, 0.25) is 0 Å². The molecule has 2 nitrogen and oxygen atoms in total. The van der Waals surface area contributed by atoms with Crippen LogP contribution < -0.4 is 5.32 Å². The molecule has 0 fully saturated rings. The minimum atomic E-state index is -0.127. The van der Waals surface area contributed by atoms with Gasteiger partial charge in [-0.25, -0.2) is 0 Å². The number of benzene rings is 1. The van der Waals surface area contributed by atoms with Gasteiger partial charge in [-0.1, -0.05) is 32.0 Å². The van der Waals surface area contributed by atoms with Crippen molar-refractivity contribution in [1.82, 2.24) is 0 Å². The summed E-state index contributed by atoms with van der Waals surface area (Å²) >= 11 is 0. The molecule has 1 atom stereocenters. The molecule has 0 bridgehead atoms. The van der Waals surface area contributed by atoms with Gasteiger partial charge in [0, 0.05) is 5.69 Å².